The number of rotatable bonds is 4. The highest BCUT2D eigenvalue weighted by Crippen LogP contribution is 2.30. The number of nitrogens with two attached hydrogens (primary N) is 1. The maximum Gasteiger partial charge on any atom is 0.254 e. The van der Waals surface area contributed by atoms with Gasteiger partial charge in [-0.3, -0.25) is 4.79 Å². The van der Waals surface area contributed by atoms with E-state index in [9.17, 15) is 4.79 Å². The zero-order valence-corrected chi connectivity index (χ0v) is 12.9. The molecule has 3 heteroatoms. The molecule has 20 heavy (non-hydrogen) atoms. The number of carbonyl (C=O) groups is 1. The van der Waals surface area contributed by atoms with E-state index >= 15 is 0 Å². The third kappa shape index (κ3) is 3.04. The molecule has 0 aliphatic heterocycles. The van der Waals surface area contributed by atoms with Crippen LogP contribution in [-0.2, 0) is 0 Å². The molecule has 0 aromatic heterocycles. The average molecular weight is 274 g/mol. The Kier molecular flexibility index (Phi) is 4.81. The van der Waals surface area contributed by atoms with Crippen LogP contribution in [0, 0.1) is 19.8 Å². The number of hydrogen-bond acceptors (Lipinski definition) is 2. The molecule has 110 valence electrons. The molecule has 1 saturated carbocycles. The summed E-state index contributed by atoms with van der Waals surface area (Å²) < 4.78 is 0. The van der Waals surface area contributed by atoms with Crippen LogP contribution in [0.15, 0.2) is 18.2 Å². The highest BCUT2D eigenvalue weighted by molar-refractivity contribution is 5.94. The first kappa shape index (κ1) is 15.0. The topological polar surface area (TPSA) is 46.3 Å². The molecule has 1 aliphatic rings. The van der Waals surface area contributed by atoms with Crippen molar-refractivity contribution in [2.75, 3.05) is 13.1 Å². The molecule has 2 atom stereocenters. The van der Waals surface area contributed by atoms with Crippen LogP contribution in [-0.4, -0.2) is 29.9 Å². The number of benzene rings is 1. The molecule has 2 N–H and O–H groups in total. The molecule has 1 aliphatic carbocycles. The summed E-state index contributed by atoms with van der Waals surface area (Å²) in [7, 11) is 0. The van der Waals surface area contributed by atoms with Gasteiger partial charge in [-0.25, -0.2) is 0 Å². The number of aryl methyl sites for hydroxylation is 2. The van der Waals surface area contributed by atoms with E-state index in [1.54, 1.807) is 0 Å². The van der Waals surface area contributed by atoms with Crippen molar-refractivity contribution in [2.24, 2.45) is 11.7 Å². The lowest BCUT2D eigenvalue weighted by Gasteiger charge is -2.32. The van der Waals surface area contributed by atoms with E-state index in [1.807, 2.05) is 30.9 Å². The predicted molar refractivity (Wildman–Crippen MR) is 82.8 cm³/mol. The molecule has 1 fully saturated rings. The minimum absolute atomic E-state index is 0.157. The number of amides is 1. The number of carbonyl (C=O) groups excluding carboxylic acids is 1. The van der Waals surface area contributed by atoms with Crippen molar-refractivity contribution < 1.29 is 4.79 Å². The van der Waals surface area contributed by atoms with Gasteiger partial charge >= 0.3 is 0 Å². The van der Waals surface area contributed by atoms with Crippen LogP contribution in [0.5, 0.6) is 0 Å². The van der Waals surface area contributed by atoms with Crippen molar-refractivity contribution in [1.29, 1.82) is 0 Å². The fraction of sp³-hybridized carbons (Fsp3) is 0.588. The van der Waals surface area contributed by atoms with E-state index < -0.39 is 0 Å². The van der Waals surface area contributed by atoms with Crippen molar-refractivity contribution in [3.8, 4) is 0 Å². The zero-order valence-electron chi connectivity index (χ0n) is 12.9. The van der Waals surface area contributed by atoms with E-state index in [4.69, 9.17) is 5.73 Å². The van der Waals surface area contributed by atoms with E-state index in [0.717, 1.165) is 36.1 Å². The Balaban J connectivity index is 2.24. The second-order valence-electron chi connectivity index (χ2n) is 5.96. The Morgan fingerprint density at radius 3 is 2.45 bits per heavy atom. The maximum absolute atomic E-state index is 12.8. The molecule has 3 nitrogen and oxygen atoms in total. The Hall–Kier alpha value is -1.35. The molecular formula is C17H26N2O. The molecule has 1 aromatic rings. The van der Waals surface area contributed by atoms with Crippen LogP contribution < -0.4 is 5.73 Å². The van der Waals surface area contributed by atoms with E-state index in [-0.39, 0.29) is 5.91 Å². The second-order valence-corrected chi connectivity index (χ2v) is 5.96. The van der Waals surface area contributed by atoms with Crippen molar-refractivity contribution in [1.82, 2.24) is 4.90 Å². The molecule has 1 amide bonds. The number of hydrogen-bond donors (Lipinski definition) is 1. The molecule has 0 bridgehead atoms. The fourth-order valence-electron chi connectivity index (χ4n) is 3.50. The van der Waals surface area contributed by atoms with Crippen LogP contribution in [0.2, 0.25) is 0 Å². The molecule has 1 aromatic carbocycles. The van der Waals surface area contributed by atoms with Gasteiger partial charge in [-0.15, -0.1) is 0 Å². The van der Waals surface area contributed by atoms with Crippen LogP contribution in [0.1, 0.15) is 47.7 Å². The standard InChI is InChI=1S/C17H26N2O/c1-4-19(16-7-5-6-14(16)11-18)17(20)15-9-12(2)8-13(3)10-15/h8-10,14,16H,4-7,11,18H2,1-3H3. The van der Waals surface area contributed by atoms with Crippen LogP contribution in [0.25, 0.3) is 0 Å². The van der Waals surface area contributed by atoms with Gasteiger partial charge in [0.2, 0.25) is 0 Å². The van der Waals surface area contributed by atoms with Gasteiger partial charge in [0.15, 0.2) is 0 Å². The van der Waals surface area contributed by atoms with Gasteiger partial charge in [-0.05, 0) is 58.2 Å². The van der Waals surface area contributed by atoms with Crippen molar-refractivity contribution in [3.05, 3.63) is 34.9 Å². The van der Waals surface area contributed by atoms with Gasteiger partial charge in [0.25, 0.3) is 5.91 Å². The molecular weight excluding hydrogens is 248 g/mol. The predicted octanol–water partition coefficient (Wildman–Crippen LogP) is 2.89. The third-order valence-electron chi connectivity index (χ3n) is 4.39. The maximum atomic E-state index is 12.8. The molecule has 2 rings (SSSR count). The lowest BCUT2D eigenvalue weighted by molar-refractivity contribution is 0.0652. The Bertz CT molecular complexity index is 464. The summed E-state index contributed by atoms with van der Waals surface area (Å²) in [6.45, 7) is 7.58. The minimum atomic E-state index is 0.157. The highest BCUT2D eigenvalue weighted by atomic mass is 16.2. The average Bonchev–Trinajstić information content (AvgIpc) is 2.86. The summed E-state index contributed by atoms with van der Waals surface area (Å²) in [5, 5.41) is 0. The first-order valence-corrected chi connectivity index (χ1v) is 7.66. The Morgan fingerprint density at radius 2 is 1.90 bits per heavy atom. The Morgan fingerprint density at radius 1 is 1.25 bits per heavy atom. The summed E-state index contributed by atoms with van der Waals surface area (Å²) in [6.07, 6.45) is 3.42. The summed E-state index contributed by atoms with van der Waals surface area (Å²) in [6, 6.07) is 6.40. The molecule has 0 saturated heterocycles. The molecule has 2 unspecified atom stereocenters. The van der Waals surface area contributed by atoms with Gasteiger partial charge in [-0.1, -0.05) is 23.6 Å². The quantitative estimate of drug-likeness (QED) is 0.917. The SMILES string of the molecule is CCN(C(=O)c1cc(C)cc(C)c1)C1CCCC1CN. The fourth-order valence-corrected chi connectivity index (χ4v) is 3.50. The van der Waals surface area contributed by atoms with Crippen molar-refractivity contribution >= 4 is 5.91 Å². The first-order chi connectivity index (χ1) is 9.56. The Labute approximate surface area is 122 Å². The molecule has 0 radical (unpaired) electrons. The smallest absolute Gasteiger partial charge is 0.254 e. The van der Waals surface area contributed by atoms with Gasteiger partial charge < -0.3 is 10.6 Å². The normalized spacial score (nSPS) is 22.0. The van der Waals surface area contributed by atoms with Gasteiger partial charge in [0.1, 0.15) is 0 Å². The minimum Gasteiger partial charge on any atom is -0.336 e. The summed E-state index contributed by atoms with van der Waals surface area (Å²) in [5.41, 5.74) is 8.97. The summed E-state index contributed by atoms with van der Waals surface area (Å²) in [5.74, 6) is 0.620. The molecule has 0 spiro atoms. The van der Waals surface area contributed by atoms with E-state index in [0.29, 0.717) is 18.5 Å². The lowest BCUT2D eigenvalue weighted by atomic mass is 10.00. The largest absolute Gasteiger partial charge is 0.336 e. The second kappa shape index (κ2) is 6.40. The van der Waals surface area contributed by atoms with Crippen LogP contribution >= 0.6 is 0 Å². The summed E-state index contributed by atoms with van der Waals surface area (Å²) in [4.78, 5) is 14.8. The van der Waals surface area contributed by atoms with E-state index in [1.165, 1.54) is 6.42 Å². The monoisotopic (exact) mass is 274 g/mol. The molecule has 0 heterocycles. The van der Waals surface area contributed by atoms with Gasteiger partial charge in [-0.2, -0.15) is 0 Å². The summed E-state index contributed by atoms with van der Waals surface area (Å²) >= 11 is 0. The number of nitrogens with zero attached hydrogens (tertiary/aromatic N) is 1. The van der Waals surface area contributed by atoms with Gasteiger partial charge in [0.05, 0.1) is 0 Å². The van der Waals surface area contributed by atoms with E-state index in [2.05, 4.69) is 13.0 Å². The third-order valence-corrected chi connectivity index (χ3v) is 4.39. The zero-order chi connectivity index (χ0) is 14.7. The first-order valence-electron chi connectivity index (χ1n) is 7.66. The van der Waals surface area contributed by atoms with Gasteiger partial charge in [0, 0.05) is 18.2 Å². The highest BCUT2D eigenvalue weighted by Gasteiger charge is 2.33. The lowest BCUT2D eigenvalue weighted by Crippen LogP contribution is -2.44. The van der Waals surface area contributed by atoms with Crippen molar-refractivity contribution in [2.45, 2.75) is 46.1 Å². The van der Waals surface area contributed by atoms with Crippen LogP contribution in [0.3, 0.4) is 0 Å². The van der Waals surface area contributed by atoms with Crippen LogP contribution in [0.4, 0.5) is 0 Å². The van der Waals surface area contributed by atoms with Crippen molar-refractivity contribution in [3.63, 3.8) is 0 Å².